The molecule has 0 radical (unpaired) electrons. The molecule has 130 valence electrons. The lowest BCUT2D eigenvalue weighted by Crippen LogP contribution is -2.36. The van der Waals surface area contributed by atoms with Gasteiger partial charge in [-0.05, 0) is 30.4 Å². The van der Waals surface area contributed by atoms with Gasteiger partial charge in [0.1, 0.15) is 0 Å². The second kappa shape index (κ2) is 14.1. The zero-order valence-corrected chi connectivity index (χ0v) is 19.7. The Morgan fingerprint density at radius 1 is 0.571 bits per heavy atom. The number of hydrogen-bond donors (Lipinski definition) is 0. The zero-order chi connectivity index (χ0) is 16.1. The SMILES string of the molecule is CCCCN(CCCC)S(I)(I)N(CCCC)CCCC. The molecule has 0 aromatic heterocycles. The van der Waals surface area contributed by atoms with Crippen LogP contribution in [0.1, 0.15) is 79.1 Å². The minimum atomic E-state index is -0.845. The standard InChI is InChI=1S/C16H36I2N2S/c1-5-9-13-19(14-10-6-2)21(17,18)20(15-11-7-3)16-12-8-4/h5-16H2,1-4H3. The van der Waals surface area contributed by atoms with Gasteiger partial charge in [0.25, 0.3) is 0 Å². The first-order valence-electron chi connectivity index (χ1n) is 8.77. The van der Waals surface area contributed by atoms with E-state index >= 15 is 0 Å². The van der Waals surface area contributed by atoms with Crippen LogP contribution in [0.25, 0.3) is 0 Å². The van der Waals surface area contributed by atoms with E-state index in [1.165, 1.54) is 77.5 Å². The van der Waals surface area contributed by atoms with Crippen LogP contribution < -0.4 is 0 Å². The first-order valence-corrected chi connectivity index (χ1v) is 15.4. The van der Waals surface area contributed by atoms with Gasteiger partial charge in [-0.2, -0.15) is 0 Å². The predicted molar refractivity (Wildman–Crippen MR) is 118 cm³/mol. The monoisotopic (exact) mass is 542 g/mol. The van der Waals surface area contributed by atoms with Gasteiger partial charge in [0, 0.05) is 68.6 Å². The first-order chi connectivity index (χ1) is 10.0. The highest BCUT2D eigenvalue weighted by atomic mass is 127. The van der Waals surface area contributed by atoms with Gasteiger partial charge < -0.3 is 0 Å². The van der Waals surface area contributed by atoms with Crippen LogP contribution in [-0.4, -0.2) is 34.8 Å². The van der Waals surface area contributed by atoms with Gasteiger partial charge in [0.2, 0.25) is 0 Å². The minimum Gasteiger partial charge on any atom is -0.240 e. The van der Waals surface area contributed by atoms with Crippen LogP contribution in [0.3, 0.4) is 0 Å². The van der Waals surface area contributed by atoms with E-state index in [9.17, 15) is 0 Å². The lowest BCUT2D eigenvalue weighted by Gasteiger charge is -2.47. The minimum absolute atomic E-state index is 0.845. The van der Waals surface area contributed by atoms with E-state index in [-0.39, 0.29) is 0 Å². The van der Waals surface area contributed by atoms with Gasteiger partial charge in [-0.15, -0.1) is 0 Å². The van der Waals surface area contributed by atoms with Crippen molar-refractivity contribution in [2.75, 3.05) is 26.2 Å². The molecule has 21 heavy (non-hydrogen) atoms. The fraction of sp³-hybridized carbons (Fsp3) is 1.00. The Morgan fingerprint density at radius 3 is 1.00 bits per heavy atom. The fourth-order valence-corrected chi connectivity index (χ4v) is 8.61. The van der Waals surface area contributed by atoms with Gasteiger partial charge in [0.15, 0.2) is 0 Å². The van der Waals surface area contributed by atoms with Crippen molar-refractivity contribution < 1.29 is 0 Å². The molecule has 2 nitrogen and oxygen atoms in total. The molecule has 0 N–H and O–H groups in total. The molecule has 0 aliphatic rings. The Morgan fingerprint density at radius 2 is 0.810 bits per heavy atom. The summed E-state index contributed by atoms with van der Waals surface area (Å²) in [5.74, 6) is 0. The molecule has 0 aromatic rings. The summed E-state index contributed by atoms with van der Waals surface area (Å²) in [5, 5.41) is 0. The Bertz CT molecular complexity index is 202. The third-order valence-corrected chi connectivity index (χ3v) is 12.3. The lowest BCUT2D eigenvalue weighted by molar-refractivity contribution is 0.385. The molecule has 0 fully saturated rings. The van der Waals surface area contributed by atoms with Crippen LogP contribution in [0.2, 0.25) is 0 Å². The van der Waals surface area contributed by atoms with Crippen molar-refractivity contribution in [3.8, 4) is 0 Å². The normalized spacial score (nSPS) is 13.3. The Labute approximate surface area is 159 Å². The van der Waals surface area contributed by atoms with Crippen molar-refractivity contribution in [3.05, 3.63) is 0 Å². The van der Waals surface area contributed by atoms with Crippen molar-refractivity contribution in [2.24, 2.45) is 0 Å². The van der Waals surface area contributed by atoms with Gasteiger partial charge in [-0.1, -0.05) is 53.4 Å². The van der Waals surface area contributed by atoms with E-state index < -0.39 is 4.74 Å². The maximum atomic E-state index is 2.80. The molecule has 0 atom stereocenters. The van der Waals surface area contributed by atoms with E-state index in [1.807, 2.05) is 0 Å². The smallest absolute Gasteiger partial charge is 0.0169 e. The molecular weight excluding hydrogens is 506 g/mol. The number of hydrogen-bond acceptors (Lipinski definition) is 2. The third kappa shape index (κ3) is 9.57. The summed E-state index contributed by atoms with van der Waals surface area (Å²) in [7, 11) is 0. The largest absolute Gasteiger partial charge is 0.240 e. The number of unbranched alkanes of at least 4 members (excludes halogenated alkanes) is 4. The van der Waals surface area contributed by atoms with Gasteiger partial charge in [-0.25, -0.2) is 8.61 Å². The van der Waals surface area contributed by atoms with Crippen LogP contribution in [0, 0.1) is 0 Å². The van der Waals surface area contributed by atoms with Crippen molar-refractivity contribution >= 4 is 47.2 Å². The lowest BCUT2D eigenvalue weighted by atomic mass is 10.3. The Hall–Kier alpha value is 1.73. The molecule has 0 unspecified atom stereocenters. The van der Waals surface area contributed by atoms with Gasteiger partial charge in [0.05, 0.1) is 0 Å². The summed E-state index contributed by atoms with van der Waals surface area (Å²) in [4.78, 5) is 0. The topological polar surface area (TPSA) is 6.48 Å². The third-order valence-electron chi connectivity index (χ3n) is 3.67. The summed E-state index contributed by atoms with van der Waals surface area (Å²) < 4.78 is 4.75. The maximum Gasteiger partial charge on any atom is 0.0169 e. The fourth-order valence-electron chi connectivity index (χ4n) is 2.16. The van der Waals surface area contributed by atoms with Crippen LogP contribution >= 0.6 is 47.2 Å². The predicted octanol–water partition coefficient (Wildman–Crippen LogP) is 7.13. The van der Waals surface area contributed by atoms with Gasteiger partial charge >= 0.3 is 0 Å². The summed E-state index contributed by atoms with van der Waals surface area (Å²) in [6.45, 7) is 14.3. The molecule has 0 spiro atoms. The highest BCUT2D eigenvalue weighted by Crippen LogP contribution is 2.69. The van der Waals surface area contributed by atoms with Crippen LogP contribution in [0.5, 0.6) is 0 Å². The van der Waals surface area contributed by atoms with E-state index in [2.05, 4.69) is 78.7 Å². The van der Waals surface area contributed by atoms with Crippen molar-refractivity contribution in [1.82, 2.24) is 8.61 Å². The molecule has 0 heterocycles. The van der Waals surface area contributed by atoms with E-state index in [0.29, 0.717) is 0 Å². The molecule has 0 saturated carbocycles. The quantitative estimate of drug-likeness (QED) is 0.216. The Balaban J connectivity index is 4.84. The molecule has 0 aliphatic heterocycles. The van der Waals surface area contributed by atoms with E-state index in [0.717, 1.165) is 0 Å². The number of nitrogens with zero attached hydrogens (tertiary/aromatic N) is 2. The number of rotatable bonds is 14. The first kappa shape index (κ1) is 22.7. The molecule has 0 saturated heterocycles. The highest BCUT2D eigenvalue weighted by Gasteiger charge is 2.31. The second-order valence-corrected chi connectivity index (χ2v) is 20.0. The average molecular weight is 542 g/mol. The van der Waals surface area contributed by atoms with E-state index in [1.54, 1.807) is 0 Å². The van der Waals surface area contributed by atoms with Crippen LogP contribution in [0.4, 0.5) is 0 Å². The maximum absolute atomic E-state index is 2.80. The summed E-state index contributed by atoms with van der Waals surface area (Å²) in [6.07, 6.45) is 10.5. The molecular formula is C16H36I2N2S. The molecule has 5 heteroatoms. The van der Waals surface area contributed by atoms with E-state index in [4.69, 9.17) is 0 Å². The summed E-state index contributed by atoms with van der Waals surface area (Å²) in [6, 6.07) is 0. The van der Waals surface area contributed by atoms with Crippen LogP contribution in [-0.2, 0) is 0 Å². The highest BCUT2D eigenvalue weighted by molar-refractivity contribution is 14.3. The van der Waals surface area contributed by atoms with Crippen LogP contribution in [0.15, 0.2) is 0 Å². The number of halogens is 2. The van der Waals surface area contributed by atoms with Crippen molar-refractivity contribution in [2.45, 2.75) is 79.1 Å². The Kier molecular flexibility index (Phi) is 15.3. The second-order valence-electron chi connectivity index (χ2n) is 5.69. The van der Waals surface area contributed by atoms with Crippen molar-refractivity contribution in [1.29, 1.82) is 0 Å². The molecule has 0 bridgehead atoms. The van der Waals surface area contributed by atoms with Gasteiger partial charge in [-0.3, -0.25) is 0 Å². The molecule has 0 amide bonds. The molecule has 0 aliphatic carbocycles. The molecule has 0 aromatic carbocycles. The zero-order valence-electron chi connectivity index (χ0n) is 14.5. The average Bonchev–Trinajstić information content (AvgIpc) is 2.47. The molecule has 0 rings (SSSR count). The summed E-state index contributed by atoms with van der Waals surface area (Å²) in [5.41, 5.74) is 0. The van der Waals surface area contributed by atoms with Crippen molar-refractivity contribution in [3.63, 3.8) is 0 Å². The summed E-state index contributed by atoms with van der Waals surface area (Å²) >= 11 is 5.56.